The van der Waals surface area contributed by atoms with E-state index in [1.54, 1.807) is 0 Å². The third-order valence-corrected chi connectivity index (χ3v) is 2.04. The molecule has 2 aliphatic heterocycles. The summed E-state index contributed by atoms with van der Waals surface area (Å²) >= 11 is 0. The minimum Gasteiger partial charge on any atom is -0.377 e. The fraction of sp³-hybridized carbons (Fsp3) is 1.00. The van der Waals surface area contributed by atoms with Gasteiger partial charge >= 0.3 is 0 Å². The Labute approximate surface area is 83.7 Å². The lowest BCUT2D eigenvalue weighted by molar-refractivity contribution is 0.0823. The number of hydrogen-bond acceptors (Lipinski definition) is 5. The van der Waals surface area contributed by atoms with Gasteiger partial charge in [-0.25, -0.2) is 0 Å². The molecule has 0 aromatic heterocycles. The quantitative estimate of drug-likeness (QED) is 0.307. The van der Waals surface area contributed by atoms with Crippen LogP contribution in [0.3, 0.4) is 0 Å². The monoisotopic (exact) mass is 203 g/mol. The lowest BCUT2D eigenvalue weighted by atomic mass is 10.5. The zero-order chi connectivity index (χ0) is 9.64. The van der Waals surface area contributed by atoms with Gasteiger partial charge in [0.1, 0.15) is 12.2 Å². The first kappa shape index (κ1) is 10.3. The summed E-state index contributed by atoms with van der Waals surface area (Å²) in [7, 11) is 0. The van der Waals surface area contributed by atoms with Gasteiger partial charge in [0.25, 0.3) is 0 Å². The summed E-state index contributed by atoms with van der Waals surface area (Å²) in [5.41, 5.74) is 0. The lowest BCUT2D eigenvalue weighted by Crippen LogP contribution is -2.24. The van der Waals surface area contributed by atoms with Gasteiger partial charge in [0.2, 0.25) is 0 Å². The van der Waals surface area contributed by atoms with Crippen LogP contribution in [-0.2, 0) is 18.9 Å². The molecule has 1 N–H and O–H groups in total. The summed E-state index contributed by atoms with van der Waals surface area (Å²) in [5, 5.41) is 3.12. The second-order valence-electron chi connectivity index (χ2n) is 3.50. The first-order valence-corrected chi connectivity index (χ1v) is 5.04. The Balaban J connectivity index is 1.25. The predicted molar refractivity (Wildman–Crippen MR) is 49.1 cm³/mol. The minimum atomic E-state index is 0.347. The summed E-state index contributed by atoms with van der Waals surface area (Å²) in [4.78, 5) is 0. The van der Waals surface area contributed by atoms with Gasteiger partial charge in [0.15, 0.2) is 0 Å². The van der Waals surface area contributed by atoms with Crippen molar-refractivity contribution in [1.82, 2.24) is 5.32 Å². The zero-order valence-corrected chi connectivity index (χ0v) is 8.24. The van der Waals surface area contributed by atoms with Crippen LogP contribution in [0.4, 0.5) is 0 Å². The van der Waals surface area contributed by atoms with Crippen LogP contribution in [0.15, 0.2) is 0 Å². The van der Waals surface area contributed by atoms with Gasteiger partial charge in [-0.2, -0.15) is 0 Å². The van der Waals surface area contributed by atoms with Crippen LogP contribution >= 0.6 is 0 Å². The molecule has 2 unspecified atom stereocenters. The maximum absolute atomic E-state index is 5.33. The van der Waals surface area contributed by atoms with Crippen molar-refractivity contribution in [2.75, 3.05) is 46.3 Å². The molecule has 2 heterocycles. The van der Waals surface area contributed by atoms with E-state index < -0.39 is 0 Å². The van der Waals surface area contributed by atoms with Gasteiger partial charge in [-0.1, -0.05) is 0 Å². The lowest BCUT2D eigenvalue weighted by Gasteiger charge is -2.05. The van der Waals surface area contributed by atoms with Gasteiger partial charge in [-0.05, 0) is 0 Å². The van der Waals surface area contributed by atoms with Crippen molar-refractivity contribution in [2.45, 2.75) is 12.2 Å². The van der Waals surface area contributed by atoms with Crippen LogP contribution in [0, 0.1) is 0 Å². The highest BCUT2D eigenvalue weighted by molar-refractivity contribution is 4.67. The molecule has 0 aromatic rings. The molecule has 2 aliphatic rings. The number of epoxide rings is 2. The first-order valence-electron chi connectivity index (χ1n) is 5.04. The van der Waals surface area contributed by atoms with E-state index >= 15 is 0 Å². The Kier molecular flexibility index (Phi) is 4.15. The molecule has 0 amide bonds. The van der Waals surface area contributed by atoms with Crippen molar-refractivity contribution in [3.8, 4) is 0 Å². The van der Waals surface area contributed by atoms with Crippen molar-refractivity contribution in [3.63, 3.8) is 0 Å². The summed E-state index contributed by atoms with van der Waals surface area (Å²) in [6, 6.07) is 0. The normalized spacial score (nSPS) is 29.1. The molecule has 2 rings (SSSR count). The molecule has 0 aromatic carbocycles. The molecule has 82 valence electrons. The van der Waals surface area contributed by atoms with E-state index in [9.17, 15) is 0 Å². The van der Waals surface area contributed by atoms with Crippen molar-refractivity contribution in [3.05, 3.63) is 0 Å². The van der Waals surface area contributed by atoms with E-state index in [1.807, 2.05) is 0 Å². The second-order valence-corrected chi connectivity index (χ2v) is 3.50. The smallest absolute Gasteiger partial charge is 0.104 e. The SMILES string of the molecule is C(COCC1CO1)NCOCC1CO1. The van der Waals surface area contributed by atoms with Gasteiger partial charge in [-0.15, -0.1) is 0 Å². The number of nitrogens with one attached hydrogen (secondary N) is 1. The summed E-state index contributed by atoms with van der Waals surface area (Å²) in [6.45, 7) is 5.23. The molecule has 14 heavy (non-hydrogen) atoms. The highest BCUT2D eigenvalue weighted by atomic mass is 16.6. The van der Waals surface area contributed by atoms with Crippen LogP contribution in [-0.4, -0.2) is 58.5 Å². The highest BCUT2D eigenvalue weighted by Crippen LogP contribution is 2.08. The van der Waals surface area contributed by atoms with Gasteiger partial charge < -0.3 is 18.9 Å². The third-order valence-electron chi connectivity index (χ3n) is 2.04. The van der Waals surface area contributed by atoms with E-state index in [1.165, 1.54) is 0 Å². The molecule has 0 bridgehead atoms. The summed E-state index contributed by atoms with van der Waals surface area (Å²) in [6.07, 6.45) is 0.707. The Morgan fingerprint density at radius 2 is 1.71 bits per heavy atom. The highest BCUT2D eigenvalue weighted by Gasteiger charge is 2.22. The molecule has 2 atom stereocenters. The van der Waals surface area contributed by atoms with E-state index in [-0.39, 0.29) is 0 Å². The number of rotatable bonds is 9. The summed E-state index contributed by atoms with van der Waals surface area (Å²) in [5.74, 6) is 0. The van der Waals surface area contributed by atoms with Gasteiger partial charge in [0, 0.05) is 6.54 Å². The second kappa shape index (κ2) is 5.63. The molecule has 0 saturated carbocycles. The minimum absolute atomic E-state index is 0.347. The molecular formula is C9H17NO4. The molecule has 0 spiro atoms. The first-order chi connectivity index (χ1) is 6.95. The Hall–Kier alpha value is -0.200. The fourth-order valence-electron chi connectivity index (χ4n) is 1.02. The average Bonchev–Trinajstić information content (AvgIpc) is 3.00. The maximum Gasteiger partial charge on any atom is 0.104 e. The maximum atomic E-state index is 5.33. The molecular weight excluding hydrogens is 186 g/mol. The Morgan fingerprint density at radius 1 is 1.07 bits per heavy atom. The number of hydrogen-bond donors (Lipinski definition) is 1. The van der Waals surface area contributed by atoms with Crippen LogP contribution in [0.1, 0.15) is 0 Å². The topological polar surface area (TPSA) is 55.5 Å². The molecule has 0 radical (unpaired) electrons. The van der Waals surface area contributed by atoms with E-state index in [0.29, 0.717) is 32.2 Å². The predicted octanol–water partition coefficient (Wildman–Crippen LogP) is -0.636. The van der Waals surface area contributed by atoms with E-state index in [4.69, 9.17) is 18.9 Å². The Bertz CT molecular complexity index is 141. The van der Waals surface area contributed by atoms with Crippen molar-refractivity contribution in [2.24, 2.45) is 0 Å². The molecule has 5 heteroatoms. The fourth-order valence-corrected chi connectivity index (χ4v) is 1.02. The van der Waals surface area contributed by atoms with Crippen molar-refractivity contribution in [1.29, 1.82) is 0 Å². The Morgan fingerprint density at radius 3 is 2.36 bits per heavy atom. The van der Waals surface area contributed by atoms with Gasteiger partial charge in [-0.3, -0.25) is 5.32 Å². The van der Waals surface area contributed by atoms with Crippen LogP contribution in [0.5, 0.6) is 0 Å². The zero-order valence-electron chi connectivity index (χ0n) is 8.24. The largest absolute Gasteiger partial charge is 0.377 e. The summed E-state index contributed by atoms with van der Waals surface area (Å²) < 4.78 is 20.6. The van der Waals surface area contributed by atoms with Crippen LogP contribution in [0.25, 0.3) is 0 Å². The van der Waals surface area contributed by atoms with E-state index in [2.05, 4.69) is 5.32 Å². The van der Waals surface area contributed by atoms with Crippen molar-refractivity contribution < 1.29 is 18.9 Å². The molecule has 2 saturated heterocycles. The third kappa shape index (κ3) is 4.88. The number of ether oxygens (including phenoxy) is 4. The molecule has 5 nitrogen and oxygen atoms in total. The van der Waals surface area contributed by atoms with E-state index in [0.717, 1.165) is 26.4 Å². The molecule has 2 fully saturated rings. The van der Waals surface area contributed by atoms with Crippen LogP contribution in [0.2, 0.25) is 0 Å². The van der Waals surface area contributed by atoms with Gasteiger partial charge in [0.05, 0.1) is 39.8 Å². The standard InChI is InChI=1S/C9H17NO4/c1(2-11-3-8-5-13-8)10-7-12-4-9-6-14-9/h8-10H,1-7H2. The average molecular weight is 203 g/mol. The van der Waals surface area contributed by atoms with Crippen LogP contribution < -0.4 is 5.32 Å². The molecule has 0 aliphatic carbocycles. The van der Waals surface area contributed by atoms with Crippen molar-refractivity contribution >= 4 is 0 Å².